The van der Waals surface area contributed by atoms with Crippen LogP contribution in [0.3, 0.4) is 0 Å². The van der Waals surface area contributed by atoms with Crippen molar-refractivity contribution in [3.63, 3.8) is 0 Å². The molecule has 2 heterocycles. The summed E-state index contributed by atoms with van der Waals surface area (Å²) in [4.78, 5) is 58.9. The average molecular weight is 1510 g/mol. The molecule has 0 spiro atoms. The number of alkyl carbamates (subject to hydrolysis) is 1. The number of nitrogens with one attached hydrogen (secondary N) is 2. The highest BCUT2D eigenvalue weighted by molar-refractivity contribution is 5.85. The molecule has 0 saturated carbocycles. The zero-order valence-corrected chi connectivity index (χ0v) is 66.8. The van der Waals surface area contributed by atoms with Gasteiger partial charge in [0.1, 0.15) is 48.3 Å². The van der Waals surface area contributed by atoms with Crippen molar-refractivity contribution in [2.75, 3.05) is 20.3 Å². The van der Waals surface area contributed by atoms with Gasteiger partial charge in [-0.25, -0.2) is 9.59 Å². The minimum absolute atomic E-state index is 0.0226. The molecule has 5 aromatic rings. The molecule has 19 heteroatoms. The zero-order chi connectivity index (χ0) is 77.9. The molecular formula is C90H130N2O17. The minimum atomic E-state index is -1.70. The number of esters is 2. The second kappa shape index (κ2) is 50.2. The van der Waals surface area contributed by atoms with Crippen LogP contribution in [0.25, 0.3) is 0 Å². The molecule has 2 saturated heterocycles. The van der Waals surface area contributed by atoms with E-state index in [9.17, 15) is 14.7 Å². The molecule has 19 nitrogen and oxygen atoms in total. The van der Waals surface area contributed by atoms with Gasteiger partial charge in [-0.15, -0.1) is 0 Å². The molecular weight excluding hydrogens is 1380 g/mol. The van der Waals surface area contributed by atoms with Crippen molar-refractivity contribution in [3.8, 4) is 0 Å². The van der Waals surface area contributed by atoms with Crippen LogP contribution in [0, 0.1) is 5.41 Å². The monoisotopic (exact) mass is 1510 g/mol. The molecule has 7 rings (SSSR count). The van der Waals surface area contributed by atoms with Gasteiger partial charge in [-0.05, 0) is 95.0 Å². The van der Waals surface area contributed by atoms with E-state index in [2.05, 4.69) is 30.6 Å². The van der Waals surface area contributed by atoms with Crippen molar-refractivity contribution in [2.24, 2.45) is 5.41 Å². The molecule has 3 N–H and O–H groups in total. The number of ether oxygens (including phenoxy) is 12. The van der Waals surface area contributed by atoms with Crippen LogP contribution in [-0.2, 0) is 104 Å². The topological polar surface area (TPSA) is 223 Å². The number of allylic oxidation sites excluding steroid dienone is 1. The Kier molecular flexibility index (Phi) is 41.1. The van der Waals surface area contributed by atoms with Gasteiger partial charge in [0, 0.05) is 0 Å². The predicted molar refractivity (Wildman–Crippen MR) is 423 cm³/mol. The molecule has 2 aliphatic rings. The van der Waals surface area contributed by atoms with E-state index in [1.165, 1.54) is 90.6 Å². The lowest BCUT2D eigenvalue weighted by molar-refractivity contribution is -0.356. The number of methoxy groups -OCH3 is 1. The van der Waals surface area contributed by atoms with Gasteiger partial charge in [0.05, 0.1) is 70.9 Å². The fourth-order valence-corrected chi connectivity index (χ4v) is 13.4. The number of hydrogen-bond donors (Lipinski definition) is 3. The normalized spacial score (nSPS) is 21.1. The first-order valence-corrected chi connectivity index (χ1v) is 40.6. The number of hydrogen-bond acceptors (Lipinski definition) is 17. The number of benzene rings is 5. The van der Waals surface area contributed by atoms with Crippen molar-refractivity contribution in [1.29, 1.82) is 0 Å². The van der Waals surface area contributed by atoms with Crippen LogP contribution < -0.4 is 10.6 Å². The lowest BCUT2D eigenvalue weighted by Gasteiger charge is -2.50. The summed E-state index contributed by atoms with van der Waals surface area (Å²) >= 11 is 0. The second-order valence-electron chi connectivity index (χ2n) is 31.1. The third kappa shape index (κ3) is 33.1. The molecule has 5 aromatic carbocycles. The number of carbonyl (C=O) groups excluding carboxylic acids is 4. The average Bonchev–Trinajstić information content (AvgIpc) is 0.763. The van der Waals surface area contributed by atoms with E-state index in [1.54, 1.807) is 41.5 Å². The highest BCUT2D eigenvalue weighted by atomic mass is 16.8. The van der Waals surface area contributed by atoms with Crippen molar-refractivity contribution in [3.05, 3.63) is 192 Å². The molecule has 0 radical (unpaired) electrons. The van der Waals surface area contributed by atoms with Gasteiger partial charge in [0.15, 0.2) is 24.8 Å². The fraction of sp³-hybridized carbons (Fsp3) is 0.600. The third-order valence-corrected chi connectivity index (χ3v) is 19.6. The maximum Gasteiger partial charge on any atom is 0.408 e. The highest BCUT2D eigenvalue weighted by Gasteiger charge is 2.57. The van der Waals surface area contributed by atoms with Crippen LogP contribution in [0.2, 0.25) is 0 Å². The molecule has 0 aliphatic carbocycles. The number of carbonyl (C=O) groups is 4. The van der Waals surface area contributed by atoms with Gasteiger partial charge in [-0.1, -0.05) is 300 Å². The van der Waals surface area contributed by atoms with Gasteiger partial charge in [-0.3, -0.25) is 9.59 Å². The van der Waals surface area contributed by atoms with Crippen LogP contribution in [0.5, 0.6) is 0 Å². The van der Waals surface area contributed by atoms with E-state index in [0.717, 1.165) is 79.2 Å². The first-order chi connectivity index (χ1) is 52.9. The SMILES string of the molecule is CCCCCCCCCCCCC/C=C/[C@@H](OCc1ccccc1)[C@H](CO[C@H]1O[C@H](C(=O)OC)[C@@H](O[C@H]2O[C@H](CO)[C@@H](OCc3ccccc3)[C@H](OCc3ccccc3)[C@H]2NC(=O)OC(C)(C)C)[C@H](OCc2ccccc2)[C@H]1OCc1ccccc1)NC(=O)[C@H](CCCCCCCCCCCC)OC(=O)C(C)(C)C. The summed E-state index contributed by atoms with van der Waals surface area (Å²) in [6.45, 7) is 14.3. The number of unbranched alkanes of at least 4 members (excludes halogenated alkanes) is 20. The number of aliphatic hydroxyl groups excluding tert-OH is 1. The highest BCUT2D eigenvalue weighted by Crippen LogP contribution is 2.37. The van der Waals surface area contributed by atoms with E-state index < -0.39 is 121 Å². The summed E-state index contributed by atoms with van der Waals surface area (Å²) in [5, 5.41) is 17.8. The van der Waals surface area contributed by atoms with Gasteiger partial charge in [0.25, 0.3) is 5.91 Å². The lowest BCUT2D eigenvalue weighted by atomic mass is 9.94. The maximum absolute atomic E-state index is 15.4. The van der Waals surface area contributed by atoms with Gasteiger partial charge < -0.3 is 72.6 Å². The Labute approximate surface area is 651 Å². The van der Waals surface area contributed by atoms with Crippen molar-refractivity contribution in [1.82, 2.24) is 10.6 Å². The first kappa shape index (κ1) is 89.3. The van der Waals surface area contributed by atoms with E-state index in [-0.39, 0.29) is 46.1 Å². The maximum atomic E-state index is 15.4. The summed E-state index contributed by atoms with van der Waals surface area (Å²) in [7, 11) is 1.23. The fourth-order valence-electron chi connectivity index (χ4n) is 13.4. The smallest absolute Gasteiger partial charge is 0.408 e. The predicted octanol–water partition coefficient (Wildman–Crippen LogP) is 17.8. The van der Waals surface area contributed by atoms with Gasteiger partial charge >= 0.3 is 18.0 Å². The van der Waals surface area contributed by atoms with E-state index in [4.69, 9.17) is 56.8 Å². The molecule has 109 heavy (non-hydrogen) atoms. The molecule has 0 unspecified atom stereocenters. The van der Waals surface area contributed by atoms with Crippen LogP contribution in [0.4, 0.5) is 4.79 Å². The number of aliphatic hydroxyl groups is 1. The molecule has 602 valence electrons. The van der Waals surface area contributed by atoms with Crippen LogP contribution in [0.15, 0.2) is 164 Å². The van der Waals surface area contributed by atoms with Crippen LogP contribution >= 0.6 is 0 Å². The standard InChI is InChI=1S/C90H130N2O17/c1-10-12-14-16-18-20-22-23-24-26-27-29-46-58-73(99-61-67-48-36-31-37-49-67)72(91-83(94)74(106-87(96)89(3,4)5)59-47-30-28-25-21-19-17-15-13-11-2)66-104-86-82(103-65-71-56-44-35-45-57-71)79(102-64-70-54-42-34-43-55-70)80(81(108-86)84(95)98-9)107-85-76(92-88(97)109-90(6,7)8)78(101-63-69-52-40-33-41-53-69)77(75(60-93)105-85)100-62-68-50-38-32-39-51-68/h31-46,48-58,72-82,85-86,93H,10-30,47,59-66H2,1-9H3,(H,91,94)(H,92,97)/b58-46+/t72-,73+,74-,75+,76+,77+,78+,79-,80-,81-,82+,85+,86-/m0/s1. The van der Waals surface area contributed by atoms with Crippen molar-refractivity contribution in [2.45, 2.75) is 321 Å². The Bertz CT molecular complexity index is 3280. The van der Waals surface area contributed by atoms with E-state index in [0.29, 0.717) is 6.42 Å². The van der Waals surface area contributed by atoms with Crippen LogP contribution in [0.1, 0.15) is 231 Å². The van der Waals surface area contributed by atoms with Gasteiger partial charge in [0.2, 0.25) is 0 Å². The molecule has 2 amide bonds. The summed E-state index contributed by atoms with van der Waals surface area (Å²) in [6.07, 6.45) is 14.0. The first-order valence-electron chi connectivity index (χ1n) is 40.6. The molecule has 0 aromatic heterocycles. The lowest BCUT2D eigenvalue weighted by Crippen LogP contribution is -2.69. The summed E-state index contributed by atoms with van der Waals surface area (Å²) in [6, 6.07) is 45.5. The van der Waals surface area contributed by atoms with Crippen LogP contribution in [-0.4, -0.2) is 135 Å². The zero-order valence-electron chi connectivity index (χ0n) is 66.8. The quantitative estimate of drug-likeness (QED) is 0.0142. The third-order valence-electron chi connectivity index (χ3n) is 19.6. The Hall–Kier alpha value is -6.88. The second-order valence-corrected chi connectivity index (χ2v) is 31.1. The summed E-state index contributed by atoms with van der Waals surface area (Å²) in [5.74, 6) is -1.93. The molecule has 13 atom stereocenters. The molecule has 2 fully saturated rings. The molecule has 2 aliphatic heterocycles. The Morgan fingerprint density at radius 1 is 0.495 bits per heavy atom. The number of rotatable bonds is 51. The molecule has 0 bridgehead atoms. The van der Waals surface area contributed by atoms with Crippen molar-refractivity contribution >= 4 is 23.9 Å². The summed E-state index contributed by atoms with van der Waals surface area (Å²) in [5.41, 5.74) is 2.17. The summed E-state index contributed by atoms with van der Waals surface area (Å²) < 4.78 is 80.9. The Morgan fingerprint density at radius 3 is 1.38 bits per heavy atom. The Morgan fingerprint density at radius 2 is 0.927 bits per heavy atom. The van der Waals surface area contributed by atoms with E-state index >= 15 is 9.59 Å². The Balaban J connectivity index is 1.30. The number of amides is 2. The van der Waals surface area contributed by atoms with Crippen molar-refractivity contribution < 1.29 is 81.1 Å². The minimum Gasteiger partial charge on any atom is -0.467 e. The largest absolute Gasteiger partial charge is 0.467 e. The van der Waals surface area contributed by atoms with E-state index in [1.807, 2.05) is 158 Å². The van der Waals surface area contributed by atoms with Gasteiger partial charge in [-0.2, -0.15) is 0 Å².